The highest BCUT2D eigenvalue weighted by Crippen LogP contribution is 2.31. The van der Waals surface area contributed by atoms with Gasteiger partial charge in [0, 0.05) is 32.6 Å². The predicted molar refractivity (Wildman–Crippen MR) is 86.0 cm³/mol. The maximum absolute atomic E-state index is 12.6. The summed E-state index contributed by atoms with van der Waals surface area (Å²) in [5.41, 5.74) is 0.689. The first-order chi connectivity index (χ1) is 10.6. The number of benzene rings is 1. The zero-order valence-electron chi connectivity index (χ0n) is 12.6. The molecule has 0 unspecified atom stereocenters. The van der Waals surface area contributed by atoms with Crippen LogP contribution in [0.25, 0.3) is 0 Å². The average molecular weight is 322 g/mol. The highest BCUT2D eigenvalue weighted by molar-refractivity contribution is 6.33. The third kappa shape index (κ3) is 2.83. The van der Waals surface area contributed by atoms with Crippen LogP contribution in [0.5, 0.6) is 0 Å². The van der Waals surface area contributed by atoms with Crippen molar-refractivity contribution in [1.82, 2.24) is 10.2 Å². The van der Waals surface area contributed by atoms with Crippen molar-refractivity contribution in [3.05, 3.63) is 29.3 Å². The number of likely N-dealkylation sites (N-methyl/N-ethyl adjacent to an activating group) is 1. The lowest BCUT2D eigenvalue weighted by atomic mass is 10.1. The minimum absolute atomic E-state index is 0.0376. The lowest BCUT2D eigenvalue weighted by Crippen LogP contribution is -2.42. The molecule has 1 aromatic carbocycles. The van der Waals surface area contributed by atoms with Crippen molar-refractivity contribution < 1.29 is 9.59 Å². The normalized spacial score (nSPS) is 24.8. The Bertz CT molecular complexity index is 587. The molecule has 0 radical (unpaired) electrons. The molecule has 2 fully saturated rings. The number of halogens is 1. The molecular weight excluding hydrogens is 302 g/mol. The van der Waals surface area contributed by atoms with E-state index >= 15 is 0 Å². The maximum Gasteiger partial charge on any atom is 0.228 e. The number of nitrogens with one attached hydrogen (secondary N) is 1. The van der Waals surface area contributed by atoms with Crippen LogP contribution in [0.15, 0.2) is 24.3 Å². The first-order valence-electron chi connectivity index (χ1n) is 7.60. The second-order valence-electron chi connectivity index (χ2n) is 5.95. The average Bonchev–Trinajstić information content (AvgIpc) is 3.16. The van der Waals surface area contributed by atoms with E-state index in [4.69, 9.17) is 11.6 Å². The minimum atomic E-state index is -0.283. The molecule has 2 aliphatic heterocycles. The minimum Gasteiger partial charge on any atom is -0.341 e. The second kappa shape index (κ2) is 6.26. The molecule has 0 aliphatic carbocycles. The summed E-state index contributed by atoms with van der Waals surface area (Å²) in [6.45, 7) is 2.18. The van der Waals surface area contributed by atoms with Crippen LogP contribution in [0.4, 0.5) is 5.69 Å². The van der Waals surface area contributed by atoms with Crippen LogP contribution in [-0.4, -0.2) is 49.4 Å². The van der Waals surface area contributed by atoms with E-state index in [1.165, 1.54) is 0 Å². The van der Waals surface area contributed by atoms with E-state index in [1.54, 1.807) is 15.9 Å². The number of para-hydroxylation sites is 1. The highest BCUT2D eigenvalue weighted by atomic mass is 35.5. The number of amides is 2. The number of hydrogen-bond acceptors (Lipinski definition) is 3. The van der Waals surface area contributed by atoms with Crippen LogP contribution in [0.3, 0.4) is 0 Å². The molecule has 6 heteroatoms. The van der Waals surface area contributed by atoms with Crippen molar-refractivity contribution in [3.8, 4) is 0 Å². The Labute approximate surface area is 135 Å². The molecule has 0 saturated carbocycles. The number of anilines is 1. The fourth-order valence-electron chi connectivity index (χ4n) is 3.21. The van der Waals surface area contributed by atoms with Gasteiger partial charge >= 0.3 is 0 Å². The molecule has 5 nitrogen and oxygen atoms in total. The van der Waals surface area contributed by atoms with Gasteiger partial charge in [0.2, 0.25) is 11.8 Å². The van der Waals surface area contributed by atoms with Crippen molar-refractivity contribution in [1.29, 1.82) is 0 Å². The zero-order chi connectivity index (χ0) is 15.7. The summed E-state index contributed by atoms with van der Waals surface area (Å²) in [6.07, 6.45) is 1.23. The maximum atomic E-state index is 12.6. The molecule has 2 heterocycles. The molecular formula is C16H20ClN3O2. The SMILES string of the molecule is CN(C(=O)[C@H]1CC(=O)N(c2ccccc2Cl)C1)[C@H]1CCNC1. The summed E-state index contributed by atoms with van der Waals surface area (Å²) in [6, 6.07) is 7.49. The highest BCUT2D eigenvalue weighted by Gasteiger charge is 2.38. The van der Waals surface area contributed by atoms with Crippen molar-refractivity contribution in [2.24, 2.45) is 5.92 Å². The lowest BCUT2D eigenvalue weighted by molar-refractivity contribution is -0.136. The third-order valence-electron chi connectivity index (χ3n) is 4.55. The lowest BCUT2D eigenvalue weighted by Gasteiger charge is -2.26. The van der Waals surface area contributed by atoms with Gasteiger partial charge in [0.05, 0.1) is 16.6 Å². The third-order valence-corrected chi connectivity index (χ3v) is 4.87. The molecule has 1 aromatic rings. The number of nitrogens with zero attached hydrogens (tertiary/aromatic N) is 2. The number of carbonyl (C=O) groups is 2. The van der Waals surface area contributed by atoms with Gasteiger partial charge in [-0.15, -0.1) is 0 Å². The van der Waals surface area contributed by atoms with Gasteiger partial charge in [-0.3, -0.25) is 9.59 Å². The quantitative estimate of drug-likeness (QED) is 0.918. The molecule has 3 rings (SSSR count). The first-order valence-corrected chi connectivity index (χ1v) is 7.98. The predicted octanol–water partition coefficient (Wildman–Crippen LogP) is 1.51. The van der Waals surface area contributed by atoms with Gasteiger partial charge in [-0.2, -0.15) is 0 Å². The largest absolute Gasteiger partial charge is 0.341 e. The van der Waals surface area contributed by atoms with Gasteiger partial charge in [0.1, 0.15) is 0 Å². The molecule has 0 aromatic heterocycles. The summed E-state index contributed by atoms with van der Waals surface area (Å²) in [5, 5.41) is 3.80. The van der Waals surface area contributed by atoms with Crippen LogP contribution in [0.2, 0.25) is 5.02 Å². The second-order valence-corrected chi connectivity index (χ2v) is 6.36. The van der Waals surface area contributed by atoms with Crippen molar-refractivity contribution >= 4 is 29.1 Å². The fourth-order valence-corrected chi connectivity index (χ4v) is 3.45. The molecule has 118 valence electrons. The Balaban J connectivity index is 1.71. The van der Waals surface area contributed by atoms with Gasteiger partial charge < -0.3 is 15.1 Å². The van der Waals surface area contributed by atoms with E-state index in [9.17, 15) is 9.59 Å². The van der Waals surface area contributed by atoms with Crippen LogP contribution in [0, 0.1) is 5.92 Å². The summed E-state index contributed by atoms with van der Waals surface area (Å²) in [4.78, 5) is 28.3. The van der Waals surface area contributed by atoms with E-state index in [1.807, 2.05) is 25.2 Å². The van der Waals surface area contributed by atoms with Crippen molar-refractivity contribution in [3.63, 3.8) is 0 Å². The van der Waals surface area contributed by atoms with Crippen molar-refractivity contribution in [2.75, 3.05) is 31.6 Å². The van der Waals surface area contributed by atoms with Crippen LogP contribution < -0.4 is 10.2 Å². The molecule has 0 bridgehead atoms. The number of carbonyl (C=O) groups excluding carboxylic acids is 2. The summed E-state index contributed by atoms with van der Waals surface area (Å²) in [5.74, 6) is -0.268. The monoisotopic (exact) mass is 321 g/mol. The van der Waals surface area contributed by atoms with Gasteiger partial charge in [-0.1, -0.05) is 23.7 Å². The standard InChI is InChI=1S/C16H20ClN3O2/c1-19(12-6-7-18-9-12)16(22)11-8-15(21)20(10-11)14-5-3-2-4-13(14)17/h2-5,11-12,18H,6-10H2,1H3/t11-,12-/m0/s1. The molecule has 0 spiro atoms. The molecule has 2 aliphatic rings. The van der Waals surface area contributed by atoms with Gasteiger partial charge in [-0.25, -0.2) is 0 Å². The van der Waals surface area contributed by atoms with Crippen LogP contribution in [-0.2, 0) is 9.59 Å². The Kier molecular flexibility index (Phi) is 4.36. The molecule has 2 atom stereocenters. The van der Waals surface area contributed by atoms with Gasteiger partial charge in [0.15, 0.2) is 0 Å². The molecule has 2 amide bonds. The molecule has 2 saturated heterocycles. The van der Waals surface area contributed by atoms with E-state index in [2.05, 4.69) is 5.32 Å². The van der Waals surface area contributed by atoms with Crippen LogP contribution >= 0.6 is 11.6 Å². The summed E-state index contributed by atoms with van der Waals surface area (Å²) in [7, 11) is 1.84. The Morgan fingerprint density at radius 3 is 2.86 bits per heavy atom. The summed E-state index contributed by atoms with van der Waals surface area (Å²) >= 11 is 6.17. The van der Waals surface area contributed by atoms with Gasteiger partial charge in [-0.05, 0) is 25.1 Å². The van der Waals surface area contributed by atoms with E-state index in [0.717, 1.165) is 19.5 Å². The zero-order valence-corrected chi connectivity index (χ0v) is 13.3. The molecule has 22 heavy (non-hydrogen) atoms. The smallest absolute Gasteiger partial charge is 0.228 e. The Morgan fingerprint density at radius 1 is 1.41 bits per heavy atom. The van der Waals surface area contributed by atoms with E-state index in [-0.39, 0.29) is 30.2 Å². The fraction of sp³-hybridized carbons (Fsp3) is 0.500. The first kappa shape index (κ1) is 15.3. The van der Waals surface area contributed by atoms with E-state index < -0.39 is 0 Å². The van der Waals surface area contributed by atoms with Crippen molar-refractivity contribution in [2.45, 2.75) is 18.9 Å². The number of hydrogen-bond donors (Lipinski definition) is 1. The Morgan fingerprint density at radius 2 is 2.18 bits per heavy atom. The van der Waals surface area contributed by atoms with Gasteiger partial charge in [0.25, 0.3) is 0 Å². The number of rotatable bonds is 3. The summed E-state index contributed by atoms with van der Waals surface area (Å²) < 4.78 is 0. The van der Waals surface area contributed by atoms with Crippen LogP contribution in [0.1, 0.15) is 12.8 Å². The topological polar surface area (TPSA) is 52.7 Å². The molecule has 1 N–H and O–H groups in total. The Hall–Kier alpha value is -1.59. The van der Waals surface area contributed by atoms with E-state index in [0.29, 0.717) is 17.3 Å².